The molecule has 1 aliphatic heterocycles. The van der Waals surface area contributed by atoms with Gasteiger partial charge >= 0.3 is 0 Å². The first kappa shape index (κ1) is 19.6. The Bertz CT molecular complexity index is 792. The fourth-order valence-electron chi connectivity index (χ4n) is 3.49. The summed E-state index contributed by atoms with van der Waals surface area (Å²) in [7, 11) is 4.19. The zero-order valence-electron chi connectivity index (χ0n) is 16.4. The van der Waals surface area contributed by atoms with E-state index in [0.717, 1.165) is 43.8 Å². The molecule has 3 nitrogen and oxygen atoms in total. The minimum absolute atomic E-state index is 0.577. The minimum Gasteiger partial charge on any atom is -0.379 e. The summed E-state index contributed by atoms with van der Waals surface area (Å²) in [6, 6.07) is 17.1. The van der Waals surface area contributed by atoms with Gasteiger partial charge in [-0.05, 0) is 80.3 Å². The molecule has 1 fully saturated rings. The Morgan fingerprint density at radius 3 is 2.37 bits per heavy atom. The van der Waals surface area contributed by atoms with Gasteiger partial charge in [0.2, 0.25) is 0 Å². The Morgan fingerprint density at radius 1 is 1.07 bits per heavy atom. The Hall–Kier alpha value is -2.13. The van der Waals surface area contributed by atoms with Crippen molar-refractivity contribution in [3.8, 4) is 5.75 Å². The average molecular weight is 381 g/mol. The molecule has 3 rings (SSSR count). The van der Waals surface area contributed by atoms with Gasteiger partial charge in [0.05, 0.1) is 6.54 Å². The van der Waals surface area contributed by atoms with E-state index in [-0.39, 0.29) is 0 Å². The van der Waals surface area contributed by atoms with Crippen LogP contribution in [0, 0.1) is 12.8 Å². The molecule has 0 spiro atoms. The van der Waals surface area contributed by atoms with Crippen molar-refractivity contribution in [2.45, 2.75) is 32.7 Å². The number of aryl methyl sites for hydroxylation is 1. The van der Waals surface area contributed by atoms with E-state index in [0.29, 0.717) is 5.92 Å². The third kappa shape index (κ3) is 5.67. The topological polar surface area (TPSA) is 15.7 Å². The number of allylic oxidation sites excluding steroid dienone is 1. The molecule has 2 aromatic rings. The Kier molecular flexibility index (Phi) is 6.68. The van der Waals surface area contributed by atoms with Gasteiger partial charge in [0.15, 0.2) is 5.75 Å². The van der Waals surface area contributed by atoms with Crippen molar-refractivity contribution in [2.24, 2.45) is 5.92 Å². The summed E-state index contributed by atoms with van der Waals surface area (Å²) in [5.74, 6) is 1.42. The van der Waals surface area contributed by atoms with Gasteiger partial charge in [-0.25, -0.2) is 5.06 Å². The SMILES string of the molecule is Cc1ccc(ON2CCC(Cc3ccc(CN(C)C)cc3)CC2=C=S)cc1. The molecule has 1 atom stereocenters. The molecule has 0 N–H and O–H groups in total. The van der Waals surface area contributed by atoms with Crippen LogP contribution in [0.5, 0.6) is 5.75 Å². The van der Waals surface area contributed by atoms with Crippen LogP contribution in [-0.2, 0) is 13.0 Å². The number of benzene rings is 2. The highest BCUT2D eigenvalue weighted by atomic mass is 32.1. The van der Waals surface area contributed by atoms with Gasteiger partial charge in [0.25, 0.3) is 0 Å². The van der Waals surface area contributed by atoms with Crippen LogP contribution in [0.15, 0.2) is 54.2 Å². The molecule has 1 saturated heterocycles. The van der Waals surface area contributed by atoms with Gasteiger partial charge in [-0.2, -0.15) is 0 Å². The van der Waals surface area contributed by atoms with Gasteiger partial charge in [0, 0.05) is 13.0 Å². The Morgan fingerprint density at radius 2 is 1.74 bits per heavy atom. The second kappa shape index (κ2) is 9.18. The number of hydrogen-bond donors (Lipinski definition) is 0. The molecule has 27 heavy (non-hydrogen) atoms. The van der Waals surface area contributed by atoms with Crippen LogP contribution in [-0.4, -0.2) is 35.6 Å². The molecule has 0 amide bonds. The first-order valence-corrected chi connectivity index (χ1v) is 9.93. The number of hydroxylamine groups is 2. The first-order chi connectivity index (χ1) is 13.0. The molecule has 0 aliphatic carbocycles. The summed E-state index contributed by atoms with van der Waals surface area (Å²) in [4.78, 5) is 8.22. The maximum Gasteiger partial charge on any atom is 0.155 e. The van der Waals surface area contributed by atoms with Gasteiger partial charge in [-0.15, -0.1) is 0 Å². The predicted molar refractivity (Wildman–Crippen MR) is 115 cm³/mol. The second-order valence-electron chi connectivity index (χ2n) is 7.67. The van der Waals surface area contributed by atoms with Crippen molar-refractivity contribution in [1.82, 2.24) is 9.96 Å². The minimum atomic E-state index is 0.577. The molecule has 1 heterocycles. The zero-order valence-corrected chi connectivity index (χ0v) is 17.3. The van der Waals surface area contributed by atoms with Crippen LogP contribution in [0.4, 0.5) is 0 Å². The largest absolute Gasteiger partial charge is 0.379 e. The normalized spacial score (nSPS) is 17.1. The van der Waals surface area contributed by atoms with Gasteiger partial charge in [-0.3, -0.25) is 0 Å². The van der Waals surface area contributed by atoms with Crippen LogP contribution < -0.4 is 4.84 Å². The van der Waals surface area contributed by atoms with Crippen LogP contribution in [0.1, 0.15) is 29.5 Å². The Labute approximate surface area is 168 Å². The number of thiocarbonyl (C=S) groups is 1. The van der Waals surface area contributed by atoms with Crippen LogP contribution in [0.25, 0.3) is 0 Å². The third-order valence-corrected chi connectivity index (χ3v) is 5.16. The smallest absolute Gasteiger partial charge is 0.155 e. The maximum absolute atomic E-state index is 6.03. The Balaban J connectivity index is 1.58. The molecular formula is C23H28N2OS. The molecule has 0 saturated carbocycles. The molecule has 0 radical (unpaired) electrons. The summed E-state index contributed by atoms with van der Waals surface area (Å²) in [5.41, 5.74) is 4.94. The molecule has 2 aromatic carbocycles. The molecule has 4 heteroatoms. The standard InChI is InChI=1S/C23H28N2OS/c1-18-4-10-23(11-5-18)26-25-13-12-21(15-22(25)17-27)14-19-6-8-20(9-7-19)16-24(2)3/h4-11,21H,12-16H2,1-3H3. The van der Waals surface area contributed by atoms with E-state index < -0.39 is 0 Å². The lowest BCUT2D eigenvalue weighted by Crippen LogP contribution is -2.35. The van der Waals surface area contributed by atoms with E-state index in [9.17, 15) is 0 Å². The van der Waals surface area contributed by atoms with E-state index in [4.69, 9.17) is 17.1 Å². The van der Waals surface area contributed by atoms with Gasteiger partial charge in [-0.1, -0.05) is 42.0 Å². The number of nitrogens with zero attached hydrogens (tertiary/aromatic N) is 2. The van der Waals surface area contributed by atoms with Crippen molar-refractivity contribution in [3.63, 3.8) is 0 Å². The number of hydrogen-bond acceptors (Lipinski definition) is 4. The zero-order chi connectivity index (χ0) is 19.2. The van der Waals surface area contributed by atoms with Crippen molar-refractivity contribution >= 4 is 17.2 Å². The highest BCUT2D eigenvalue weighted by Gasteiger charge is 2.25. The number of rotatable bonds is 6. The highest BCUT2D eigenvalue weighted by molar-refractivity contribution is 7.78. The molecular weight excluding hydrogens is 352 g/mol. The maximum atomic E-state index is 6.03. The lowest BCUT2D eigenvalue weighted by Gasteiger charge is -2.33. The summed E-state index contributed by atoms with van der Waals surface area (Å²) in [6.07, 6.45) is 3.07. The second-order valence-corrected chi connectivity index (χ2v) is 7.88. The summed E-state index contributed by atoms with van der Waals surface area (Å²) in [5, 5.41) is 4.84. The van der Waals surface area contributed by atoms with Crippen molar-refractivity contribution in [1.29, 1.82) is 0 Å². The monoisotopic (exact) mass is 380 g/mol. The summed E-state index contributed by atoms with van der Waals surface area (Å²) >= 11 is 5.15. The molecule has 1 aliphatic rings. The van der Waals surface area contributed by atoms with E-state index >= 15 is 0 Å². The quantitative estimate of drug-likeness (QED) is 0.670. The van der Waals surface area contributed by atoms with E-state index in [1.54, 1.807) is 0 Å². The van der Waals surface area contributed by atoms with E-state index in [2.05, 4.69) is 67.3 Å². The average Bonchev–Trinajstić information content (AvgIpc) is 2.66. The van der Waals surface area contributed by atoms with Crippen LogP contribution in [0.3, 0.4) is 0 Å². The molecule has 0 bridgehead atoms. The molecule has 142 valence electrons. The molecule has 0 aromatic heterocycles. The van der Waals surface area contributed by atoms with Gasteiger partial charge in [0.1, 0.15) is 5.70 Å². The first-order valence-electron chi connectivity index (χ1n) is 9.52. The van der Waals surface area contributed by atoms with Gasteiger partial charge < -0.3 is 9.74 Å². The van der Waals surface area contributed by atoms with Crippen LogP contribution in [0.2, 0.25) is 0 Å². The van der Waals surface area contributed by atoms with Crippen molar-refractivity contribution < 1.29 is 4.84 Å². The fourth-order valence-corrected chi connectivity index (χ4v) is 3.67. The highest BCUT2D eigenvalue weighted by Crippen LogP contribution is 2.29. The van der Waals surface area contributed by atoms with Crippen molar-refractivity contribution in [2.75, 3.05) is 20.6 Å². The summed E-state index contributed by atoms with van der Waals surface area (Å²) < 4.78 is 0. The number of piperidine rings is 1. The van der Waals surface area contributed by atoms with E-state index in [1.165, 1.54) is 16.7 Å². The lowest BCUT2D eigenvalue weighted by molar-refractivity contribution is -0.0432. The molecule has 1 unspecified atom stereocenters. The van der Waals surface area contributed by atoms with Crippen molar-refractivity contribution in [3.05, 3.63) is 70.9 Å². The summed E-state index contributed by atoms with van der Waals surface area (Å²) in [6.45, 7) is 3.90. The third-order valence-electron chi connectivity index (χ3n) is 4.92. The lowest BCUT2D eigenvalue weighted by atomic mass is 9.89. The van der Waals surface area contributed by atoms with E-state index in [1.807, 2.05) is 17.2 Å². The van der Waals surface area contributed by atoms with Crippen LogP contribution >= 0.6 is 12.2 Å². The fraction of sp³-hybridized carbons (Fsp3) is 0.391. The predicted octanol–water partition coefficient (Wildman–Crippen LogP) is 4.79.